The highest BCUT2D eigenvalue weighted by Gasteiger charge is 2.38. The van der Waals surface area contributed by atoms with Crippen molar-refractivity contribution in [1.82, 2.24) is 4.90 Å². The zero-order chi connectivity index (χ0) is 12.5. The lowest BCUT2D eigenvalue weighted by molar-refractivity contribution is -0.0425. The summed E-state index contributed by atoms with van der Waals surface area (Å²) in [6.45, 7) is 6.76. The van der Waals surface area contributed by atoms with Crippen LogP contribution in [0.2, 0.25) is 0 Å². The number of aliphatic hydroxyl groups is 1. The van der Waals surface area contributed by atoms with Crippen LogP contribution >= 0.6 is 0 Å². The van der Waals surface area contributed by atoms with Crippen molar-refractivity contribution in [3.63, 3.8) is 0 Å². The second kappa shape index (κ2) is 5.27. The molecule has 0 spiro atoms. The van der Waals surface area contributed by atoms with Crippen molar-refractivity contribution in [3.05, 3.63) is 0 Å². The Balaban J connectivity index is 1.80. The summed E-state index contributed by atoms with van der Waals surface area (Å²) in [5.74, 6) is 1.43. The van der Waals surface area contributed by atoms with Crippen LogP contribution in [0.4, 0.5) is 0 Å². The minimum absolute atomic E-state index is 0.111. The Morgan fingerprint density at radius 1 is 1.12 bits per heavy atom. The predicted molar refractivity (Wildman–Crippen MR) is 72.0 cm³/mol. The van der Waals surface area contributed by atoms with Crippen LogP contribution in [0.15, 0.2) is 0 Å². The van der Waals surface area contributed by atoms with Crippen molar-refractivity contribution in [2.75, 3.05) is 20.1 Å². The van der Waals surface area contributed by atoms with Crippen LogP contribution in [0.3, 0.4) is 0 Å². The van der Waals surface area contributed by atoms with Gasteiger partial charge in [0.05, 0.1) is 6.10 Å². The molecule has 0 amide bonds. The molecule has 2 heteroatoms. The Bertz CT molecular complexity index is 247. The van der Waals surface area contributed by atoms with Gasteiger partial charge in [-0.3, -0.25) is 0 Å². The second-order valence-electron chi connectivity index (χ2n) is 7.10. The highest BCUT2D eigenvalue weighted by Crippen LogP contribution is 2.39. The van der Waals surface area contributed by atoms with Crippen molar-refractivity contribution < 1.29 is 5.11 Å². The monoisotopic (exact) mass is 239 g/mol. The van der Waals surface area contributed by atoms with E-state index in [2.05, 4.69) is 25.8 Å². The number of nitrogens with zero attached hydrogens (tertiary/aromatic N) is 1. The van der Waals surface area contributed by atoms with Crippen molar-refractivity contribution in [3.8, 4) is 0 Å². The van der Waals surface area contributed by atoms with E-state index in [0.717, 1.165) is 12.5 Å². The first-order chi connectivity index (χ1) is 7.99. The Morgan fingerprint density at radius 3 is 2.41 bits per heavy atom. The van der Waals surface area contributed by atoms with Gasteiger partial charge in [-0.2, -0.15) is 0 Å². The molecular formula is C15H29NO. The van der Waals surface area contributed by atoms with E-state index in [0.29, 0.717) is 5.92 Å². The van der Waals surface area contributed by atoms with E-state index in [1.165, 1.54) is 45.1 Å². The van der Waals surface area contributed by atoms with Crippen molar-refractivity contribution >= 4 is 0 Å². The topological polar surface area (TPSA) is 23.5 Å². The fraction of sp³-hybridized carbons (Fsp3) is 1.00. The summed E-state index contributed by atoms with van der Waals surface area (Å²) in [7, 11) is 2.23. The minimum Gasteiger partial charge on any atom is -0.392 e. The second-order valence-corrected chi connectivity index (χ2v) is 7.10. The average molecular weight is 239 g/mol. The maximum absolute atomic E-state index is 10.4. The quantitative estimate of drug-likeness (QED) is 0.815. The normalized spacial score (nSPS) is 33.7. The molecule has 0 radical (unpaired) electrons. The highest BCUT2D eigenvalue weighted by atomic mass is 16.3. The van der Waals surface area contributed by atoms with E-state index in [4.69, 9.17) is 0 Å². The third-order valence-electron chi connectivity index (χ3n) is 4.98. The molecule has 2 saturated carbocycles. The molecule has 0 aromatic carbocycles. The minimum atomic E-state index is -0.111. The highest BCUT2D eigenvalue weighted by molar-refractivity contribution is 4.89. The largest absolute Gasteiger partial charge is 0.392 e. The molecule has 2 aliphatic rings. The molecule has 0 heterocycles. The Labute approximate surface area is 106 Å². The smallest absolute Gasteiger partial charge is 0.0631 e. The predicted octanol–water partition coefficient (Wildman–Crippen LogP) is 2.91. The zero-order valence-electron chi connectivity index (χ0n) is 11.8. The molecule has 0 aromatic rings. The average Bonchev–Trinajstić information content (AvgIpc) is 2.19. The molecule has 2 atom stereocenters. The van der Waals surface area contributed by atoms with Crippen LogP contribution in [-0.2, 0) is 0 Å². The van der Waals surface area contributed by atoms with Crippen LogP contribution < -0.4 is 0 Å². The van der Waals surface area contributed by atoms with Crippen molar-refractivity contribution in [2.24, 2.45) is 17.3 Å². The lowest BCUT2D eigenvalue weighted by atomic mass is 9.69. The third-order valence-corrected chi connectivity index (χ3v) is 4.98. The molecule has 100 valence electrons. The van der Waals surface area contributed by atoms with Gasteiger partial charge < -0.3 is 10.0 Å². The van der Waals surface area contributed by atoms with E-state index in [1.54, 1.807) is 0 Å². The molecule has 2 nitrogen and oxygen atoms in total. The summed E-state index contributed by atoms with van der Waals surface area (Å²) in [5.41, 5.74) is 0.125. The molecule has 2 aliphatic carbocycles. The molecule has 17 heavy (non-hydrogen) atoms. The van der Waals surface area contributed by atoms with Crippen LogP contribution in [0.1, 0.15) is 52.4 Å². The molecule has 2 rings (SSSR count). The number of rotatable bonds is 4. The van der Waals surface area contributed by atoms with Gasteiger partial charge in [-0.1, -0.05) is 26.7 Å². The third kappa shape index (κ3) is 3.23. The van der Waals surface area contributed by atoms with Crippen molar-refractivity contribution in [2.45, 2.75) is 58.5 Å². The maximum Gasteiger partial charge on any atom is 0.0631 e. The van der Waals surface area contributed by atoms with Gasteiger partial charge in [-0.25, -0.2) is 0 Å². The summed E-state index contributed by atoms with van der Waals surface area (Å²) in [5, 5.41) is 10.4. The van der Waals surface area contributed by atoms with Gasteiger partial charge in [-0.15, -0.1) is 0 Å². The molecular weight excluding hydrogens is 210 g/mol. The van der Waals surface area contributed by atoms with Gasteiger partial charge in [0.25, 0.3) is 0 Å². The van der Waals surface area contributed by atoms with E-state index < -0.39 is 0 Å². The molecule has 0 aromatic heterocycles. The van der Waals surface area contributed by atoms with E-state index in [9.17, 15) is 5.11 Å². The first-order valence-electron chi connectivity index (χ1n) is 7.35. The van der Waals surface area contributed by atoms with Gasteiger partial charge in [0.1, 0.15) is 0 Å². The van der Waals surface area contributed by atoms with Gasteiger partial charge in [0.2, 0.25) is 0 Å². The SMILES string of the molecule is CN(CC1CCC1)CC1CCCC(C)(C)C1O. The van der Waals surface area contributed by atoms with E-state index in [-0.39, 0.29) is 11.5 Å². The Morgan fingerprint density at radius 2 is 1.82 bits per heavy atom. The standard InChI is InChI=1S/C15H29NO/c1-15(2)9-5-8-13(14(15)17)11-16(3)10-12-6-4-7-12/h12-14,17H,4-11H2,1-3H3. The summed E-state index contributed by atoms with van der Waals surface area (Å²) in [4.78, 5) is 2.46. The molecule has 2 unspecified atom stereocenters. The van der Waals surface area contributed by atoms with E-state index in [1.807, 2.05) is 0 Å². The molecule has 0 bridgehead atoms. The molecule has 1 N–H and O–H groups in total. The molecule has 0 aliphatic heterocycles. The number of hydrogen-bond donors (Lipinski definition) is 1. The summed E-state index contributed by atoms with van der Waals surface area (Å²) >= 11 is 0. The lowest BCUT2D eigenvalue weighted by Crippen LogP contribution is -2.45. The van der Waals surface area contributed by atoms with Gasteiger partial charge in [-0.05, 0) is 50.0 Å². The summed E-state index contributed by atoms with van der Waals surface area (Å²) in [6.07, 6.45) is 7.83. The first-order valence-corrected chi connectivity index (χ1v) is 7.35. The van der Waals surface area contributed by atoms with Crippen LogP contribution in [-0.4, -0.2) is 36.2 Å². The number of aliphatic hydroxyl groups excluding tert-OH is 1. The fourth-order valence-corrected chi connectivity index (χ4v) is 3.55. The Kier molecular flexibility index (Phi) is 4.14. The lowest BCUT2D eigenvalue weighted by Gasteiger charge is -2.42. The van der Waals surface area contributed by atoms with Gasteiger partial charge >= 0.3 is 0 Å². The van der Waals surface area contributed by atoms with Crippen molar-refractivity contribution in [1.29, 1.82) is 0 Å². The number of hydrogen-bond acceptors (Lipinski definition) is 2. The van der Waals surface area contributed by atoms with Crippen LogP contribution in [0.5, 0.6) is 0 Å². The zero-order valence-corrected chi connectivity index (χ0v) is 11.8. The molecule has 0 saturated heterocycles. The van der Waals surface area contributed by atoms with Crippen LogP contribution in [0.25, 0.3) is 0 Å². The van der Waals surface area contributed by atoms with E-state index >= 15 is 0 Å². The molecule has 2 fully saturated rings. The maximum atomic E-state index is 10.4. The summed E-state index contributed by atoms with van der Waals surface area (Å²) < 4.78 is 0. The first kappa shape index (κ1) is 13.4. The van der Waals surface area contributed by atoms with Gasteiger partial charge in [0.15, 0.2) is 0 Å². The van der Waals surface area contributed by atoms with Gasteiger partial charge in [0, 0.05) is 13.1 Å². The summed E-state index contributed by atoms with van der Waals surface area (Å²) in [6, 6.07) is 0. The Hall–Kier alpha value is -0.0800. The fourth-order valence-electron chi connectivity index (χ4n) is 3.55. The van der Waals surface area contributed by atoms with Crippen LogP contribution in [0, 0.1) is 17.3 Å².